The van der Waals surface area contributed by atoms with Crippen LogP contribution in [-0.2, 0) is 22.6 Å². The monoisotopic (exact) mass is 449 g/mol. The van der Waals surface area contributed by atoms with Gasteiger partial charge in [0.2, 0.25) is 11.8 Å². The normalized spacial score (nSPS) is 11.9. The minimum atomic E-state index is -0.380. The first-order valence-electron chi connectivity index (χ1n) is 10.1. The Bertz CT molecular complexity index is 900. The maximum absolute atomic E-state index is 12.6. The summed E-state index contributed by atoms with van der Waals surface area (Å²) in [6.07, 6.45) is 0.635. The summed E-state index contributed by atoms with van der Waals surface area (Å²) in [5, 5.41) is 12.0. The van der Waals surface area contributed by atoms with Crippen LogP contribution >= 0.6 is 11.8 Å². The summed E-state index contributed by atoms with van der Waals surface area (Å²) < 4.78 is 12.6. The van der Waals surface area contributed by atoms with E-state index in [9.17, 15) is 9.59 Å². The number of ether oxygens (including phenoxy) is 2. The molecule has 10 heteroatoms. The van der Waals surface area contributed by atoms with Crippen molar-refractivity contribution in [3.63, 3.8) is 0 Å². The SMILES string of the molecule is COc1ccc(OC)c(C(C)NC(=O)CSc2nnc(CCC(N)=O)n2CC(C)C)c1. The molecule has 3 N–H and O–H groups in total. The predicted octanol–water partition coefficient (Wildman–Crippen LogP) is 2.34. The van der Waals surface area contributed by atoms with E-state index in [1.54, 1.807) is 14.2 Å². The van der Waals surface area contributed by atoms with Gasteiger partial charge in [0.05, 0.1) is 26.0 Å². The first-order valence-corrected chi connectivity index (χ1v) is 11.1. The van der Waals surface area contributed by atoms with Crippen LogP contribution in [0.1, 0.15) is 44.6 Å². The third kappa shape index (κ3) is 7.16. The number of aryl methyl sites for hydroxylation is 1. The zero-order valence-electron chi connectivity index (χ0n) is 18.7. The summed E-state index contributed by atoms with van der Waals surface area (Å²) in [5.74, 6) is 2.09. The number of nitrogens with zero attached hydrogens (tertiary/aromatic N) is 3. The highest BCUT2D eigenvalue weighted by atomic mass is 32.2. The Kier molecular flexibility index (Phi) is 9.17. The Hall–Kier alpha value is -2.75. The molecule has 0 aliphatic carbocycles. The van der Waals surface area contributed by atoms with Crippen LogP contribution in [0.25, 0.3) is 0 Å². The summed E-state index contributed by atoms with van der Waals surface area (Å²) in [4.78, 5) is 23.7. The summed E-state index contributed by atoms with van der Waals surface area (Å²) in [6.45, 7) is 6.76. The molecule has 1 aromatic carbocycles. The smallest absolute Gasteiger partial charge is 0.230 e. The van der Waals surface area contributed by atoms with E-state index in [-0.39, 0.29) is 30.0 Å². The van der Waals surface area contributed by atoms with Gasteiger partial charge in [-0.3, -0.25) is 9.59 Å². The molecule has 0 saturated carbocycles. The van der Waals surface area contributed by atoms with Crippen molar-refractivity contribution in [2.45, 2.75) is 51.4 Å². The molecule has 0 aliphatic rings. The zero-order chi connectivity index (χ0) is 23.0. The third-order valence-electron chi connectivity index (χ3n) is 4.55. The van der Waals surface area contributed by atoms with Crippen molar-refractivity contribution in [3.8, 4) is 11.5 Å². The number of nitrogens with one attached hydrogen (secondary N) is 1. The van der Waals surface area contributed by atoms with E-state index >= 15 is 0 Å². The first-order chi connectivity index (χ1) is 14.7. The first kappa shape index (κ1) is 24.5. The van der Waals surface area contributed by atoms with Crippen LogP contribution < -0.4 is 20.5 Å². The fourth-order valence-electron chi connectivity index (χ4n) is 3.06. The number of carbonyl (C=O) groups is 2. The minimum absolute atomic E-state index is 0.139. The Balaban J connectivity index is 2.04. The van der Waals surface area contributed by atoms with E-state index in [2.05, 4.69) is 29.4 Å². The highest BCUT2D eigenvalue weighted by molar-refractivity contribution is 7.99. The van der Waals surface area contributed by atoms with Crippen LogP contribution in [0.5, 0.6) is 11.5 Å². The molecule has 2 rings (SSSR count). The van der Waals surface area contributed by atoms with Crippen molar-refractivity contribution in [2.24, 2.45) is 11.7 Å². The number of primary amides is 1. The molecule has 1 atom stereocenters. The van der Waals surface area contributed by atoms with Gasteiger partial charge >= 0.3 is 0 Å². The van der Waals surface area contributed by atoms with Gasteiger partial charge in [-0.1, -0.05) is 25.6 Å². The molecule has 170 valence electrons. The van der Waals surface area contributed by atoms with E-state index in [1.165, 1.54) is 11.8 Å². The average Bonchev–Trinajstić information content (AvgIpc) is 3.10. The molecule has 2 aromatic rings. The molecular weight excluding hydrogens is 418 g/mol. The topological polar surface area (TPSA) is 121 Å². The lowest BCUT2D eigenvalue weighted by molar-refractivity contribution is -0.119. The Morgan fingerprint density at radius 1 is 1.19 bits per heavy atom. The number of hydrogen-bond acceptors (Lipinski definition) is 7. The Labute approximate surface area is 187 Å². The number of nitrogens with two attached hydrogens (primary N) is 1. The van der Waals surface area contributed by atoms with Crippen molar-refractivity contribution < 1.29 is 19.1 Å². The van der Waals surface area contributed by atoms with Crippen LogP contribution in [0, 0.1) is 5.92 Å². The van der Waals surface area contributed by atoms with Crippen molar-refractivity contribution in [3.05, 3.63) is 29.6 Å². The Morgan fingerprint density at radius 2 is 1.94 bits per heavy atom. The van der Waals surface area contributed by atoms with Crippen LogP contribution in [0.4, 0.5) is 0 Å². The number of benzene rings is 1. The number of thioether (sulfide) groups is 1. The van der Waals surface area contributed by atoms with Crippen molar-refractivity contribution in [1.82, 2.24) is 20.1 Å². The summed E-state index contributed by atoms with van der Waals surface area (Å²) in [5.41, 5.74) is 6.09. The predicted molar refractivity (Wildman–Crippen MR) is 119 cm³/mol. The third-order valence-corrected chi connectivity index (χ3v) is 5.52. The van der Waals surface area contributed by atoms with Gasteiger partial charge in [-0.25, -0.2) is 0 Å². The lowest BCUT2D eigenvalue weighted by Gasteiger charge is -2.18. The van der Waals surface area contributed by atoms with E-state index in [0.29, 0.717) is 41.4 Å². The molecule has 2 amide bonds. The number of aromatic nitrogens is 3. The van der Waals surface area contributed by atoms with Crippen LogP contribution in [0.2, 0.25) is 0 Å². The van der Waals surface area contributed by atoms with Gasteiger partial charge in [-0.05, 0) is 31.0 Å². The van der Waals surface area contributed by atoms with Gasteiger partial charge in [0.1, 0.15) is 17.3 Å². The van der Waals surface area contributed by atoms with Crippen molar-refractivity contribution in [2.75, 3.05) is 20.0 Å². The van der Waals surface area contributed by atoms with E-state index in [0.717, 1.165) is 5.56 Å². The summed E-state index contributed by atoms with van der Waals surface area (Å²) in [6, 6.07) is 5.21. The number of amides is 2. The number of hydrogen-bond donors (Lipinski definition) is 2. The highest BCUT2D eigenvalue weighted by Crippen LogP contribution is 2.29. The average molecular weight is 450 g/mol. The van der Waals surface area contributed by atoms with Crippen LogP contribution in [0.3, 0.4) is 0 Å². The van der Waals surface area contributed by atoms with Gasteiger partial charge in [0, 0.05) is 24.9 Å². The largest absolute Gasteiger partial charge is 0.497 e. The maximum atomic E-state index is 12.6. The molecule has 0 radical (unpaired) electrons. The number of methoxy groups -OCH3 is 2. The van der Waals surface area contributed by atoms with Crippen LogP contribution in [-0.4, -0.2) is 46.6 Å². The molecule has 0 spiro atoms. The summed E-state index contributed by atoms with van der Waals surface area (Å²) in [7, 11) is 3.18. The van der Waals surface area contributed by atoms with Crippen LogP contribution in [0.15, 0.2) is 23.4 Å². The lowest BCUT2D eigenvalue weighted by atomic mass is 10.1. The number of carbonyl (C=O) groups excluding carboxylic acids is 2. The molecule has 0 aliphatic heterocycles. The zero-order valence-corrected chi connectivity index (χ0v) is 19.5. The van der Waals surface area contributed by atoms with E-state index < -0.39 is 0 Å². The molecule has 0 bridgehead atoms. The van der Waals surface area contributed by atoms with E-state index in [4.69, 9.17) is 15.2 Å². The fraction of sp³-hybridized carbons (Fsp3) is 0.524. The molecule has 9 nitrogen and oxygen atoms in total. The molecule has 0 fully saturated rings. The minimum Gasteiger partial charge on any atom is -0.497 e. The van der Waals surface area contributed by atoms with Crippen molar-refractivity contribution >= 4 is 23.6 Å². The van der Waals surface area contributed by atoms with Gasteiger partial charge in [0.15, 0.2) is 5.16 Å². The lowest BCUT2D eigenvalue weighted by Crippen LogP contribution is -2.28. The molecule has 1 heterocycles. The summed E-state index contributed by atoms with van der Waals surface area (Å²) >= 11 is 1.31. The highest BCUT2D eigenvalue weighted by Gasteiger charge is 2.18. The molecule has 1 unspecified atom stereocenters. The molecular formula is C21H31N5O4S. The second kappa shape index (κ2) is 11.6. The van der Waals surface area contributed by atoms with E-state index in [1.807, 2.05) is 29.7 Å². The quantitative estimate of drug-likeness (QED) is 0.477. The second-order valence-corrected chi connectivity index (χ2v) is 8.50. The molecule has 0 saturated heterocycles. The standard InChI is InChI=1S/C21H31N5O4S/c1-13(2)11-26-19(9-8-18(22)27)24-25-21(26)31-12-20(28)23-14(3)16-10-15(29-4)6-7-17(16)30-5/h6-7,10,13-14H,8-9,11-12H2,1-5H3,(H2,22,27)(H,23,28). The number of rotatable bonds is 12. The van der Waals surface area contributed by atoms with Gasteiger partial charge < -0.3 is 25.1 Å². The van der Waals surface area contributed by atoms with Gasteiger partial charge in [-0.15, -0.1) is 10.2 Å². The molecule has 31 heavy (non-hydrogen) atoms. The van der Waals surface area contributed by atoms with Gasteiger partial charge in [0.25, 0.3) is 0 Å². The maximum Gasteiger partial charge on any atom is 0.230 e. The Morgan fingerprint density at radius 3 is 2.55 bits per heavy atom. The molecule has 1 aromatic heterocycles. The van der Waals surface area contributed by atoms with Crippen molar-refractivity contribution in [1.29, 1.82) is 0 Å². The second-order valence-electron chi connectivity index (χ2n) is 7.56. The van der Waals surface area contributed by atoms with Gasteiger partial charge in [-0.2, -0.15) is 0 Å². The fourth-order valence-corrected chi connectivity index (χ4v) is 3.84.